The highest BCUT2D eigenvalue weighted by Crippen LogP contribution is 2.38. The summed E-state index contributed by atoms with van der Waals surface area (Å²) >= 11 is 5.40. The average molecular weight is 318 g/mol. The quantitative estimate of drug-likeness (QED) is 0.482. The van der Waals surface area contributed by atoms with Crippen LogP contribution in [0.3, 0.4) is 0 Å². The summed E-state index contributed by atoms with van der Waals surface area (Å²) in [5.41, 5.74) is -3.44. The third-order valence-electron chi connectivity index (χ3n) is 2.33. The number of halogens is 6. The van der Waals surface area contributed by atoms with E-state index < -0.39 is 46.8 Å². The molecule has 1 aromatic heterocycles. The molecule has 3 nitrogen and oxygen atoms in total. The van der Waals surface area contributed by atoms with Crippen LogP contribution in [0.25, 0.3) is 0 Å². The minimum absolute atomic E-state index is 0.0803. The molecule has 0 aliphatic heterocycles. The number of nitrogens with zero attached hydrogens (tertiary/aromatic N) is 1. The maximum Gasteiger partial charge on any atom is 0.418 e. The van der Waals surface area contributed by atoms with Gasteiger partial charge < -0.3 is 4.74 Å². The monoisotopic (exact) mass is 317 g/mol. The summed E-state index contributed by atoms with van der Waals surface area (Å²) < 4.78 is 68.5. The van der Waals surface area contributed by atoms with E-state index in [9.17, 15) is 26.7 Å². The summed E-state index contributed by atoms with van der Waals surface area (Å²) in [5.74, 6) is -1.05. The fourth-order valence-electron chi connectivity index (χ4n) is 1.55. The molecule has 0 N–H and O–H groups in total. The van der Waals surface area contributed by atoms with Crippen molar-refractivity contribution in [1.82, 2.24) is 4.98 Å². The van der Waals surface area contributed by atoms with Gasteiger partial charge in [-0.05, 0) is 12.5 Å². The third-order valence-corrected chi connectivity index (χ3v) is 2.63. The minimum Gasteiger partial charge on any atom is -0.466 e. The van der Waals surface area contributed by atoms with Crippen LogP contribution in [0.2, 0.25) is 5.15 Å². The van der Waals surface area contributed by atoms with Crippen LogP contribution in [-0.4, -0.2) is 17.6 Å². The highest BCUT2D eigenvalue weighted by atomic mass is 35.5. The zero-order chi connectivity index (χ0) is 15.5. The van der Waals surface area contributed by atoms with E-state index in [1.54, 1.807) is 0 Å². The van der Waals surface area contributed by atoms with Gasteiger partial charge in [0.15, 0.2) is 0 Å². The molecule has 20 heavy (non-hydrogen) atoms. The molecule has 0 atom stereocenters. The SMILES string of the molecule is CCOC(=O)Cc1c(C(F)(F)F)cnc(Cl)c1C(F)F. The Morgan fingerprint density at radius 3 is 2.50 bits per heavy atom. The molecule has 0 saturated heterocycles. The second-order valence-corrected chi connectivity index (χ2v) is 3.99. The van der Waals surface area contributed by atoms with Crippen LogP contribution < -0.4 is 0 Å². The van der Waals surface area contributed by atoms with E-state index in [2.05, 4.69) is 9.72 Å². The van der Waals surface area contributed by atoms with Crippen molar-refractivity contribution in [3.63, 3.8) is 0 Å². The Hall–Kier alpha value is -1.44. The largest absolute Gasteiger partial charge is 0.466 e. The molecule has 0 aliphatic rings. The standard InChI is InChI=1S/C11H9ClF5NO2/c1-2-20-7(19)3-5-6(11(15,16)17)4-18-9(12)8(5)10(13)14/h4,10H,2-3H2,1H3. The lowest BCUT2D eigenvalue weighted by Gasteiger charge is -2.16. The maximum atomic E-state index is 12.8. The van der Waals surface area contributed by atoms with Crippen LogP contribution >= 0.6 is 11.6 Å². The number of ether oxygens (including phenoxy) is 1. The molecule has 9 heteroatoms. The maximum absolute atomic E-state index is 12.8. The van der Waals surface area contributed by atoms with E-state index in [4.69, 9.17) is 11.6 Å². The van der Waals surface area contributed by atoms with Crippen LogP contribution in [0, 0.1) is 0 Å². The Labute approximate surface area is 115 Å². The van der Waals surface area contributed by atoms with Gasteiger partial charge in [0.2, 0.25) is 0 Å². The topological polar surface area (TPSA) is 39.2 Å². The molecule has 1 rings (SSSR count). The van der Waals surface area contributed by atoms with Crippen LogP contribution in [0.15, 0.2) is 6.20 Å². The van der Waals surface area contributed by atoms with Crippen LogP contribution in [0.4, 0.5) is 22.0 Å². The van der Waals surface area contributed by atoms with E-state index in [0.29, 0.717) is 6.20 Å². The number of alkyl halides is 5. The van der Waals surface area contributed by atoms with Crippen LogP contribution in [0.1, 0.15) is 30.0 Å². The van der Waals surface area contributed by atoms with Gasteiger partial charge in [0.25, 0.3) is 6.43 Å². The van der Waals surface area contributed by atoms with Gasteiger partial charge in [-0.25, -0.2) is 13.8 Å². The van der Waals surface area contributed by atoms with E-state index >= 15 is 0 Å². The van der Waals surface area contributed by atoms with Gasteiger partial charge in [-0.2, -0.15) is 13.2 Å². The summed E-state index contributed by atoms with van der Waals surface area (Å²) in [5, 5.41) is -0.771. The summed E-state index contributed by atoms with van der Waals surface area (Å²) in [4.78, 5) is 14.4. The van der Waals surface area contributed by atoms with Gasteiger partial charge in [0, 0.05) is 6.20 Å². The van der Waals surface area contributed by atoms with E-state index in [0.717, 1.165) is 0 Å². The lowest BCUT2D eigenvalue weighted by Crippen LogP contribution is -2.17. The van der Waals surface area contributed by atoms with Crippen molar-refractivity contribution >= 4 is 17.6 Å². The average Bonchev–Trinajstić information content (AvgIpc) is 2.26. The lowest BCUT2D eigenvalue weighted by atomic mass is 10.0. The number of hydrogen-bond donors (Lipinski definition) is 0. The summed E-state index contributed by atoms with van der Waals surface area (Å²) in [6, 6.07) is 0. The lowest BCUT2D eigenvalue weighted by molar-refractivity contribution is -0.143. The molecule has 0 unspecified atom stereocenters. The first kappa shape index (κ1) is 16.6. The Morgan fingerprint density at radius 2 is 2.05 bits per heavy atom. The predicted octanol–water partition coefficient (Wildman–Crippen LogP) is 3.80. The number of hydrogen-bond acceptors (Lipinski definition) is 3. The molecular weight excluding hydrogens is 309 g/mol. The molecule has 0 bridgehead atoms. The van der Waals surface area contributed by atoms with E-state index in [1.165, 1.54) is 6.92 Å². The first-order valence-electron chi connectivity index (χ1n) is 5.36. The smallest absolute Gasteiger partial charge is 0.418 e. The summed E-state index contributed by atoms with van der Waals surface area (Å²) in [7, 11) is 0. The Kier molecular flexibility index (Phi) is 5.27. The first-order valence-corrected chi connectivity index (χ1v) is 5.74. The van der Waals surface area contributed by atoms with Crippen molar-refractivity contribution in [2.45, 2.75) is 25.9 Å². The number of esters is 1. The molecule has 0 fully saturated rings. The minimum atomic E-state index is -4.93. The van der Waals surface area contributed by atoms with Gasteiger partial charge in [-0.1, -0.05) is 11.6 Å². The normalized spacial score (nSPS) is 11.8. The third kappa shape index (κ3) is 3.78. The molecule has 0 aliphatic carbocycles. The number of carbonyl (C=O) groups is 1. The van der Waals surface area contributed by atoms with Crippen molar-refractivity contribution in [2.24, 2.45) is 0 Å². The highest BCUT2D eigenvalue weighted by molar-refractivity contribution is 6.30. The predicted molar refractivity (Wildman–Crippen MR) is 59.5 cm³/mol. The molecule has 0 saturated carbocycles. The van der Waals surface area contributed by atoms with Gasteiger partial charge in [-0.15, -0.1) is 0 Å². The second-order valence-electron chi connectivity index (χ2n) is 3.64. The number of aromatic nitrogens is 1. The van der Waals surface area contributed by atoms with Crippen molar-refractivity contribution in [1.29, 1.82) is 0 Å². The van der Waals surface area contributed by atoms with Crippen molar-refractivity contribution < 1.29 is 31.5 Å². The highest BCUT2D eigenvalue weighted by Gasteiger charge is 2.37. The zero-order valence-electron chi connectivity index (χ0n) is 10.1. The zero-order valence-corrected chi connectivity index (χ0v) is 10.9. The Morgan fingerprint density at radius 1 is 1.45 bits per heavy atom. The molecule has 1 heterocycles. The van der Waals surface area contributed by atoms with E-state index in [1.807, 2.05) is 0 Å². The fourth-order valence-corrected chi connectivity index (χ4v) is 1.80. The molecule has 0 radical (unpaired) electrons. The number of rotatable bonds is 4. The van der Waals surface area contributed by atoms with Crippen LogP contribution in [0.5, 0.6) is 0 Å². The molecule has 0 spiro atoms. The summed E-state index contributed by atoms with van der Waals surface area (Å²) in [6.45, 7) is 1.36. The fraction of sp³-hybridized carbons (Fsp3) is 0.455. The first-order chi connectivity index (χ1) is 9.18. The number of pyridine rings is 1. The van der Waals surface area contributed by atoms with Crippen molar-refractivity contribution in [2.75, 3.05) is 6.61 Å². The Balaban J connectivity index is 3.40. The van der Waals surface area contributed by atoms with Gasteiger partial charge in [0.1, 0.15) is 5.15 Å². The molecule has 1 aromatic rings. The number of carbonyl (C=O) groups excluding carboxylic acids is 1. The van der Waals surface area contributed by atoms with Crippen molar-refractivity contribution in [3.8, 4) is 0 Å². The van der Waals surface area contributed by atoms with Gasteiger partial charge in [0.05, 0.1) is 24.2 Å². The second kappa shape index (κ2) is 6.34. The molecule has 112 valence electrons. The molecular formula is C11H9ClF5NO2. The van der Waals surface area contributed by atoms with Crippen molar-refractivity contribution in [3.05, 3.63) is 28.0 Å². The molecule has 0 aromatic carbocycles. The van der Waals surface area contributed by atoms with E-state index in [-0.39, 0.29) is 6.61 Å². The van der Waals surface area contributed by atoms with Gasteiger partial charge >= 0.3 is 12.1 Å². The Bertz CT molecular complexity index is 504. The summed E-state index contributed by atoms with van der Waals surface area (Å²) in [6.07, 6.45) is -8.85. The van der Waals surface area contributed by atoms with Crippen LogP contribution in [-0.2, 0) is 22.1 Å². The van der Waals surface area contributed by atoms with Gasteiger partial charge in [-0.3, -0.25) is 4.79 Å². The molecule has 0 amide bonds.